The van der Waals surface area contributed by atoms with Crippen molar-refractivity contribution in [3.63, 3.8) is 0 Å². The smallest absolute Gasteiger partial charge is 0.0662 e. The first-order valence-electron chi connectivity index (χ1n) is 4.12. The fourth-order valence-corrected chi connectivity index (χ4v) is 0.884. The molecule has 0 aromatic carbocycles. The third kappa shape index (κ3) is 6.28. The first-order chi connectivity index (χ1) is 5.04. The van der Waals surface area contributed by atoms with Crippen molar-refractivity contribution in [2.75, 3.05) is 20.6 Å². The van der Waals surface area contributed by atoms with Crippen molar-refractivity contribution in [2.45, 2.75) is 31.9 Å². The lowest BCUT2D eigenvalue weighted by Gasteiger charge is -2.15. The third-order valence-corrected chi connectivity index (χ3v) is 1.76. The van der Waals surface area contributed by atoms with Gasteiger partial charge in [0, 0.05) is 6.04 Å². The highest BCUT2D eigenvalue weighted by molar-refractivity contribution is 4.67. The van der Waals surface area contributed by atoms with Gasteiger partial charge in [-0.3, -0.25) is 0 Å². The zero-order valence-corrected chi connectivity index (χ0v) is 7.75. The van der Waals surface area contributed by atoms with Gasteiger partial charge in [0.2, 0.25) is 0 Å². The summed E-state index contributed by atoms with van der Waals surface area (Å²) in [5.74, 6) is 0. The van der Waals surface area contributed by atoms with Gasteiger partial charge < -0.3 is 15.7 Å². The third-order valence-electron chi connectivity index (χ3n) is 1.76. The topological polar surface area (TPSA) is 49.5 Å². The lowest BCUT2D eigenvalue weighted by molar-refractivity contribution is 0.156. The summed E-state index contributed by atoms with van der Waals surface area (Å²) >= 11 is 0. The Bertz CT molecular complexity index is 94.1. The molecule has 0 radical (unpaired) electrons. The van der Waals surface area contributed by atoms with Crippen molar-refractivity contribution in [2.24, 2.45) is 5.73 Å². The molecule has 0 aliphatic carbocycles. The van der Waals surface area contributed by atoms with Gasteiger partial charge in [-0.1, -0.05) is 0 Å². The van der Waals surface area contributed by atoms with Gasteiger partial charge in [-0.05, 0) is 40.4 Å². The Kier molecular flexibility index (Phi) is 5.46. The molecule has 3 heteroatoms. The fraction of sp³-hybridized carbons (Fsp3) is 1.00. The molecular weight excluding hydrogens is 140 g/mol. The van der Waals surface area contributed by atoms with Gasteiger partial charge in [0.25, 0.3) is 0 Å². The van der Waals surface area contributed by atoms with E-state index in [4.69, 9.17) is 10.8 Å². The molecule has 0 aliphatic heterocycles. The van der Waals surface area contributed by atoms with E-state index >= 15 is 0 Å². The van der Waals surface area contributed by atoms with Gasteiger partial charge in [-0.25, -0.2) is 0 Å². The summed E-state index contributed by atoms with van der Waals surface area (Å²) < 4.78 is 0. The zero-order valence-electron chi connectivity index (χ0n) is 7.75. The number of aliphatic hydroxyl groups excluding tert-OH is 1. The van der Waals surface area contributed by atoms with Crippen molar-refractivity contribution in [1.82, 2.24) is 4.90 Å². The Morgan fingerprint density at radius 3 is 2.36 bits per heavy atom. The van der Waals surface area contributed by atoms with E-state index in [1.165, 1.54) is 0 Å². The van der Waals surface area contributed by atoms with Crippen LogP contribution >= 0.6 is 0 Å². The van der Waals surface area contributed by atoms with E-state index in [0.717, 1.165) is 19.4 Å². The van der Waals surface area contributed by atoms with E-state index < -0.39 is 0 Å². The molecule has 0 aromatic rings. The number of rotatable bonds is 5. The quantitative estimate of drug-likeness (QED) is 0.597. The molecule has 0 amide bonds. The largest absolute Gasteiger partial charge is 0.392 e. The SMILES string of the molecule is CC(O)C(N)CCCN(C)C. The van der Waals surface area contributed by atoms with E-state index in [0.29, 0.717) is 0 Å². The molecule has 0 aliphatic rings. The molecule has 2 unspecified atom stereocenters. The normalized spacial score (nSPS) is 16.9. The number of nitrogens with two attached hydrogens (primary N) is 1. The Labute approximate surface area is 69.2 Å². The van der Waals surface area contributed by atoms with Crippen LogP contribution in [-0.4, -0.2) is 42.8 Å². The molecule has 0 saturated heterocycles. The molecule has 0 rings (SSSR count). The lowest BCUT2D eigenvalue weighted by atomic mass is 10.1. The molecule has 11 heavy (non-hydrogen) atoms. The highest BCUT2D eigenvalue weighted by atomic mass is 16.3. The highest BCUT2D eigenvalue weighted by Crippen LogP contribution is 1.99. The first kappa shape index (κ1) is 10.9. The molecule has 68 valence electrons. The minimum atomic E-state index is -0.378. The molecule has 0 fully saturated rings. The summed E-state index contributed by atoms with van der Waals surface area (Å²) in [5.41, 5.74) is 5.63. The average molecular weight is 160 g/mol. The predicted octanol–water partition coefficient (Wildman–Crippen LogP) is 0.0363. The second-order valence-corrected chi connectivity index (χ2v) is 3.35. The van der Waals surface area contributed by atoms with Crippen LogP contribution in [0.25, 0.3) is 0 Å². The van der Waals surface area contributed by atoms with E-state index in [2.05, 4.69) is 4.90 Å². The molecule has 3 nitrogen and oxygen atoms in total. The predicted molar refractivity (Wildman–Crippen MR) is 47.4 cm³/mol. The van der Waals surface area contributed by atoms with E-state index in [9.17, 15) is 0 Å². The minimum Gasteiger partial charge on any atom is -0.392 e. The Balaban J connectivity index is 3.24. The van der Waals surface area contributed by atoms with Crippen LogP contribution in [0.5, 0.6) is 0 Å². The maximum atomic E-state index is 9.05. The molecule has 2 atom stereocenters. The van der Waals surface area contributed by atoms with Crippen molar-refractivity contribution in [3.8, 4) is 0 Å². The molecule has 0 aromatic heterocycles. The fourth-order valence-electron chi connectivity index (χ4n) is 0.884. The van der Waals surface area contributed by atoms with Crippen LogP contribution in [0.15, 0.2) is 0 Å². The Morgan fingerprint density at radius 2 is 2.00 bits per heavy atom. The van der Waals surface area contributed by atoms with Crippen LogP contribution in [0.1, 0.15) is 19.8 Å². The van der Waals surface area contributed by atoms with Crippen molar-refractivity contribution in [3.05, 3.63) is 0 Å². The summed E-state index contributed by atoms with van der Waals surface area (Å²) in [5, 5.41) is 9.05. The number of hydrogen-bond donors (Lipinski definition) is 2. The summed E-state index contributed by atoms with van der Waals surface area (Å²) in [7, 11) is 4.07. The maximum absolute atomic E-state index is 9.05. The van der Waals surface area contributed by atoms with Crippen LogP contribution in [-0.2, 0) is 0 Å². The van der Waals surface area contributed by atoms with Crippen LogP contribution in [0, 0.1) is 0 Å². The van der Waals surface area contributed by atoms with Gasteiger partial charge >= 0.3 is 0 Å². The average Bonchev–Trinajstić information content (AvgIpc) is 1.86. The number of hydrogen-bond acceptors (Lipinski definition) is 3. The van der Waals surface area contributed by atoms with Crippen molar-refractivity contribution < 1.29 is 5.11 Å². The van der Waals surface area contributed by atoms with Gasteiger partial charge in [0.1, 0.15) is 0 Å². The molecule has 0 spiro atoms. The summed E-state index contributed by atoms with van der Waals surface area (Å²) in [6, 6.07) is -0.0602. The van der Waals surface area contributed by atoms with E-state index in [1.54, 1.807) is 6.92 Å². The van der Waals surface area contributed by atoms with Crippen LogP contribution < -0.4 is 5.73 Å². The Hall–Kier alpha value is -0.120. The van der Waals surface area contributed by atoms with Crippen LogP contribution in [0.2, 0.25) is 0 Å². The molecular formula is C8H20N2O. The summed E-state index contributed by atoms with van der Waals surface area (Å²) in [6.45, 7) is 2.78. The van der Waals surface area contributed by atoms with E-state index in [-0.39, 0.29) is 12.1 Å². The van der Waals surface area contributed by atoms with Crippen LogP contribution in [0.3, 0.4) is 0 Å². The zero-order chi connectivity index (χ0) is 8.85. The molecule has 0 saturated carbocycles. The molecule has 0 heterocycles. The standard InChI is InChI=1S/C8H20N2O/c1-7(11)8(9)5-4-6-10(2)3/h7-8,11H,4-6,9H2,1-3H3. The number of nitrogens with zero attached hydrogens (tertiary/aromatic N) is 1. The van der Waals surface area contributed by atoms with Crippen molar-refractivity contribution in [1.29, 1.82) is 0 Å². The van der Waals surface area contributed by atoms with E-state index in [1.807, 2.05) is 14.1 Å². The van der Waals surface area contributed by atoms with Gasteiger partial charge in [-0.2, -0.15) is 0 Å². The summed E-state index contributed by atoms with van der Waals surface area (Å²) in [4.78, 5) is 2.12. The maximum Gasteiger partial charge on any atom is 0.0662 e. The molecule has 3 N–H and O–H groups in total. The van der Waals surface area contributed by atoms with Gasteiger partial charge in [-0.15, -0.1) is 0 Å². The van der Waals surface area contributed by atoms with Crippen molar-refractivity contribution >= 4 is 0 Å². The Morgan fingerprint density at radius 1 is 1.45 bits per heavy atom. The first-order valence-corrected chi connectivity index (χ1v) is 4.12. The molecule has 0 bridgehead atoms. The minimum absolute atomic E-state index is 0.0602. The van der Waals surface area contributed by atoms with Crippen LogP contribution in [0.4, 0.5) is 0 Å². The monoisotopic (exact) mass is 160 g/mol. The number of aliphatic hydroxyl groups is 1. The van der Waals surface area contributed by atoms with Gasteiger partial charge in [0.15, 0.2) is 0 Å². The second-order valence-electron chi connectivity index (χ2n) is 3.35. The lowest BCUT2D eigenvalue weighted by Crippen LogP contribution is -2.32. The second kappa shape index (κ2) is 5.52. The van der Waals surface area contributed by atoms with Gasteiger partial charge in [0.05, 0.1) is 6.10 Å². The highest BCUT2D eigenvalue weighted by Gasteiger charge is 2.07. The summed E-state index contributed by atoms with van der Waals surface area (Å²) in [6.07, 6.45) is 1.58.